The van der Waals surface area contributed by atoms with Crippen LogP contribution in [0.5, 0.6) is 0 Å². The summed E-state index contributed by atoms with van der Waals surface area (Å²) >= 11 is 1.90. The summed E-state index contributed by atoms with van der Waals surface area (Å²) in [6.45, 7) is 7.20. The topological polar surface area (TPSA) is 32.3 Å². The molecule has 0 bridgehead atoms. The molecule has 1 rings (SSSR count). The van der Waals surface area contributed by atoms with Gasteiger partial charge in [0.2, 0.25) is 5.91 Å². The summed E-state index contributed by atoms with van der Waals surface area (Å²) in [7, 11) is 0. The quantitative estimate of drug-likeness (QED) is 0.744. The SMILES string of the molecule is CCCCC1NCN(C(C)CSCC)C1=O. The van der Waals surface area contributed by atoms with E-state index >= 15 is 0 Å². The molecule has 0 saturated carbocycles. The third-order valence-electron chi connectivity index (χ3n) is 3.03. The predicted molar refractivity (Wildman–Crippen MR) is 70.6 cm³/mol. The molecule has 1 saturated heterocycles. The van der Waals surface area contributed by atoms with Gasteiger partial charge in [0.05, 0.1) is 12.7 Å². The molecule has 2 unspecified atom stereocenters. The Morgan fingerprint density at radius 3 is 2.94 bits per heavy atom. The Balaban J connectivity index is 2.37. The number of nitrogens with zero attached hydrogens (tertiary/aromatic N) is 1. The van der Waals surface area contributed by atoms with Crippen molar-refractivity contribution in [2.24, 2.45) is 0 Å². The first-order valence-corrected chi connectivity index (χ1v) is 7.47. The first-order chi connectivity index (χ1) is 7.70. The fourth-order valence-corrected chi connectivity index (χ4v) is 2.72. The summed E-state index contributed by atoms with van der Waals surface area (Å²) in [4.78, 5) is 14.1. The highest BCUT2D eigenvalue weighted by atomic mass is 32.2. The second-order valence-corrected chi connectivity index (χ2v) is 5.69. The highest BCUT2D eigenvalue weighted by Crippen LogP contribution is 2.15. The molecule has 0 radical (unpaired) electrons. The Morgan fingerprint density at radius 2 is 2.31 bits per heavy atom. The van der Waals surface area contributed by atoms with Crippen LogP contribution in [0.4, 0.5) is 0 Å². The maximum atomic E-state index is 12.1. The van der Waals surface area contributed by atoms with Crippen molar-refractivity contribution in [3.63, 3.8) is 0 Å². The Kier molecular flexibility index (Phi) is 6.21. The molecule has 1 N–H and O–H groups in total. The number of hydrogen-bond donors (Lipinski definition) is 1. The predicted octanol–water partition coefficient (Wildman–Crippen LogP) is 2.08. The van der Waals surface area contributed by atoms with E-state index in [1.165, 1.54) is 0 Å². The van der Waals surface area contributed by atoms with Crippen LogP contribution in [0, 0.1) is 0 Å². The highest BCUT2D eigenvalue weighted by Gasteiger charge is 2.32. The molecule has 1 aliphatic heterocycles. The van der Waals surface area contributed by atoms with E-state index in [-0.39, 0.29) is 6.04 Å². The lowest BCUT2D eigenvalue weighted by Gasteiger charge is -2.23. The number of amides is 1. The number of carbonyl (C=O) groups is 1. The molecule has 1 aliphatic rings. The number of hydrogen-bond acceptors (Lipinski definition) is 3. The molecule has 1 fully saturated rings. The van der Waals surface area contributed by atoms with Gasteiger partial charge < -0.3 is 4.90 Å². The lowest BCUT2D eigenvalue weighted by Crippen LogP contribution is -2.38. The van der Waals surface area contributed by atoms with Gasteiger partial charge in [0.1, 0.15) is 0 Å². The average molecular weight is 244 g/mol. The lowest BCUT2D eigenvalue weighted by molar-refractivity contribution is -0.130. The fourth-order valence-electron chi connectivity index (χ4n) is 1.96. The third kappa shape index (κ3) is 3.67. The van der Waals surface area contributed by atoms with Gasteiger partial charge in [-0.1, -0.05) is 26.7 Å². The average Bonchev–Trinajstić information content (AvgIpc) is 2.65. The first-order valence-electron chi connectivity index (χ1n) is 6.32. The zero-order valence-electron chi connectivity index (χ0n) is 10.7. The van der Waals surface area contributed by atoms with E-state index in [1.807, 2.05) is 16.7 Å². The van der Waals surface area contributed by atoms with Gasteiger partial charge in [0, 0.05) is 11.8 Å². The second-order valence-electron chi connectivity index (χ2n) is 4.37. The van der Waals surface area contributed by atoms with E-state index in [0.29, 0.717) is 11.9 Å². The van der Waals surface area contributed by atoms with E-state index in [2.05, 4.69) is 26.1 Å². The molecule has 0 aromatic heterocycles. The maximum absolute atomic E-state index is 12.1. The van der Waals surface area contributed by atoms with E-state index in [9.17, 15) is 4.79 Å². The van der Waals surface area contributed by atoms with Gasteiger partial charge in [-0.05, 0) is 19.1 Å². The van der Waals surface area contributed by atoms with Crippen LogP contribution in [0.25, 0.3) is 0 Å². The molecule has 0 aliphatic carbocycles. The second kappa shape index (κ2) is 7.17. The monoisotopic (exact) mass is 244 g/mol. The van der Waals surface area contributed by atoms with Gasteiger partial charge in [-0.15, -0.1) is 0 Å². The van der Waals surface area contributed by atoms with E-state index in [0.717, 1.165) is 37.4 Å². The van der Waals surface area contributed by atoms with Gasteiger partial charge >= 0.3 is 0 Å². The minimum Gasteiger partial charge on any atom is -0.325 e. The summed E-state index contributed by atoms with van der Waals surface area (Å²) in [5, 5.41) is 3.32. The zero-order chi connectivity index (χ0) is 12.0. The van der Waals surface area contributed by atoms with Gasteiger partial charge in [-0.3, -0.25) is 10.1 Å². The molecule has 16 heavy (non-hydrogen) atoms. The molecule has 3 nitrogen and oxygen atoms in total. The van der Waals surface area contributed by atoms with E-state index < -0.39 is 0 Å². The molecule has 0 aromatic carbocycles. The largest absolute Gasteiger partial charge is 0.325 e. The fraction of sp³-hybridized carbons (Fsp3) is 0.917. The summed E-state index contributed by atoms with van der Waals surface area (Å²) in [6.07, 6.45) is 3.28. The van der Waals surface area contributed by atoms with Crippen LogP contribution in [0.15, 0.2) is 0 Å². The molecular weight excluding hydrogens is 220 g/mol. The van der Waals surface area contributed by atoms with E-state index in [4.69, 9.17) is 0 Å². The molecule has 1 amide bonds. The molecule has 0 aromatic rings. The van der Waals surface area contributed by atoms with Crippen LogP contribution in [-0.4, -0.2) is 41.1 Å². The number of nitrogens with one attached hydrogen (secondary N) is 1. The number of carbonyl (C=O) groups excluding carboxylic acids is 1. The molecule has 94 valence electrons. The van der Waals surface area contributed by atoms with Crippen LogP contribution in [0.1, 0.15) is 40.0 Å². The minimum absolute atomic E-state index is 0.0778. The number of unbranched alkanes of at least 4 members (excludes halogenated alkanes) is 1. The summed E-state index contributed by atoms with van der Waals surface area (Å²) < 4.78 is 0. The molecule has 2 atom stereocenters. The Bertz CT molecular complexity index is 223. The molecule has 1 heterocycles. The van der Waals surface area contributed by atoms with Gasteiger partial charge in [0.25, 0.3) is 0 Å². The Labute approximate surface area is 103 Å². The minimum atomic E-state index is 0.0778. The third-order valence-corrected chi connectivity index (χ3v) is 4.16. The van der Waals surface area contributed by atoms with Crippen LogP contribution < -0.4 is 5.32 Å². The van der Waals surface area contributed by atoms with Crippen molar-refractivity contribution in [2.75, 3.05) is 18.2 Å². The van der Waals surface area contributed by atoms with Crippen molar-refractivity contribution < 1.29 is 4.79 Å². The van der Waals surface area contributed by atoms with Gasteiger partial charge in [0.15, 0.2) is 0 Å². The standard InChI is InChI=1S/C12H24N2OS/c1-4-6-7-11-12(15)14(9-13-11)10(3)8-16-5-2/h10-11,13H,4-9H2,1-3H3. The van der Waals surface area contributed by atoms with Crippen molar-refractivity contribution in [3.8, 4) is 0 Å². The van der Waals surface area contributed by atoms with Crippen molar-refractivity contribution >= 4 is 17.7 Å². The summed E-state index contributed by atoms with van der Waals surface area (Å²) in [5.74, 6) is 2.47. The van der Waals surface area contributed by atoms with Crippen molar-refractivity contribution in [3.05, 3.63) is 0 Å². The molecular formula is C12H24N2OS. The first kappa shape index (κ1) is 13.8. The Morgan fingerprint density at radius 1 is 1.56 bits per heavy atom. The van der Waals surface area contributed by atoms with Crippen LogP contribution >= 0.6 is 11.8 Å². The summed E-state index contributed by atoms with van der Waals surface area (Å²) in [6, 6.07) is 0.436. The molecule has 0 spiro atoms. The van der Waals surface area contributed by atoms with Crippen molar-refractivity contribution in [1.82, 2.24) is 10.2 Å². The van der Waals surface area contributed by atoms with Crippen LogP contribution in [0.3, 0.4) is 0 Å². The zero-order valence-corrected chi connectivity index (χ0v) is 11.5. The Hall–Kier alpha value is -0.220. The highest BCUT2D eigenvalue weighted by molar-refractivity contribution is 7.99. The van der Waals surface area contributed by atoms with Crippen molar-refractivity contribution in [1.29, 1.82) is 0 Å². The van der Waals surface area contributed by atoms with Crippen LogP contribution in [0.2, 0.25) is 0 Å². The maximum Gasteiger partial charge on any atom is 0.241 e. The van der Waals surface area contributed by atoms with Crippen molar-refractivity contribution in [2.45, 2.75) is 52.1 Å². The van der Waals surface area contributed by atoms with Gasteiger partial charge in [-0.25, -0.2) is 0 Å². The lowest BCUT2D eigenvalue weighted by atomic mass is 10.1. The van der Waals surface area contributed by atoms with Gasteiger partial charge in [-0.2, -0.15) is 11.8 Å². The number of rotatable bonds is 7. The summed E-state index contributed by atoms with van der Waals surface area (Å²) in [5.41, 5.74) is 0. The van der Waals surface area contributed by atoms with Crippen LogP contribution in [-0.2, 0) is 4.79 Å². The smallest absolute Gasteiger partial charge is 0.241 e. The normalized spacial score (nSPS) is 22.8. The number of thioether (sulfide) groups is 1. The van der Waals surface area contributed by atoms with E-state index in [1.54, 1.807) is 0 Å². The molecule has 4 heteroatoms.